The Morgan fingerprint density at radius 2 is 1.90 bits per heavy atom. The number of aryl methyl sites for hydroxylation is 1. The molecule has 20 heavy (non-hydrogen) atoms. The van der Waals surface area contributed by atoms with E-state index in [1.807, 2.05) is 6.92 Å². The molecule has 0 unspecified atom stereocenters. The second-order valence-corrected chi connectivity index (χ2v) is 5.40. The van der Waals surface area contributed by atoms with Crippen LogP contribution in [0.15, 0.2) is 36.4 Å². The Morgan fingerprint density at radius 3 is 2.50 bits per heavy atom. The molecule has 0 N–H and O–H groups in total. The number of thiophene rings is 1. The smallest absolute Gasteiger partial charge is 0.419 e. The maximum absolute atomic E-state index is 12.7. The lowest BCUT2D eigenvalue weighted by molar-refractivity contribution is -0.138. The topological polar surface area (TPSA) is 26.3 Å². The Labute approximate surface area is 117 Å². The zero-order valence-corrected chi connectivity index (χ0v) is 11.3. The minimum atomic E-state index is -4.50. The van der Waals surface area contributed by atoms with Crippen LogP contribution in [0.5, 0.6) is 5.75 Å². The molecule has 6 heteroatoms. The van der Waals surface area contributed by atoms with Gasteiger partial charge in [-0.25, -0.2) is 0 Å². The molecule has 0 atom stereocenters. The summed E-state index contributed by atoms with van der Waals surface area (Å²) >= 11 is 1.29. The molecule has 2 aromatic rings. The predicted octanol–water partition coefficient (Wildman–Crippen LogP) is 4.34. The molecule has 106 valence electrons. The number of halogens is 3. The van der Waals surface area contributed by atoms with E-state index < -0.39 is 18.3 Å². The Bertz CT molecular complexity index is 617. The van der Waals surface area contributed by atoms with E-state index in [9.17, 15) is 18.0 Å². The van der Waals surface area contributed by atoms with E-state index in [0.29, 0.717) is 4.88 Å². The van der Waals surface area contributed by atoms with Crippen LogP contribution in [0.3, 0.4) is 0 Å². The van der Waals surface area contributed by atoms with Crippen LogP contribution >= 0.6 is 11.3 Å². The first-order valence-electron chi connectivity index (χ1n) is 5.76. The lowest BCUT2D eigenvalue weighted by atomic mass is 10.2. The quantitative estimate of drug-likeness (QED) is 0.785. The van der Waals surface area contributed by atoms with Gasteiger partial charge >= 0.3 is 6.18 Å². The van der Waals surface area contributed by atoms with Gasteiger partial charge in [0, 0.05) is 4.88 Å². The summed E-state index contributed by atoms with van der Waals surface area (Å²) in [6, 6.07) is 8.26. The van der Waals surface area contributed by atoms with Crippen LogP contribution in [-0.2, 0) is 6.18 Å². The molecule has 0 spiro atoms. The number of alkyl halides is 3. The first-order chi connectivity index (χ1) is 9.38. The number of rotatable bonds is 4. The molecule has 2 rings (SSSR count). The number of hydrogen-bond acceptors (Lipinski definition) is 3. The third-order valence-corrected chi connectivity index (χ3v) is 3.61. The number of carbonyl (C=O) groups excluding carboxylic acids is 1. The Balaban J connectivity index is 2.10. The van der Waals surface area contributed by atoms with Crippen LogP contribution < -0.4 is 4.74 Å². The van der Waals surface area contributed by atoms with Gasteiger partial charge in [0.15, 0.2) is 6.61 Å². The summed E-state index contributed by atoms with van der Waals surface area (Å²) in [4.78, 5) is 13.2. The molecule has 2 nitrogen and oxygen atoms in total. The summed E-state index contributed by atoms with van der Waals surface area (Å²) in [7, 11) is 0. The van der Waals surface area contributed by atoms with Crippen molar-refractivity contribution in [2.45, 2.75) is 13.1 Å². The summed E-state index contributed by atoms with van der Waals surface area (Å²) in [6.07, 6.45) is -4.50. The fraction of sp³-hybridized carbons (Fsp3) is 0.214. The molecule has 0 saturated carbocycles. The molecule has 0 radical (unpaired) electrons. The second-order valence-electron chi connectivity index (χ2n) is 4.12. The van der Waals surface area contributed by atoms with E-state index in [1.165, 1.54) is 29.5 Å². The fourth-order valence-corrected chi connectivity index (χ4v) is 2.42. The van der Waals surface area contributed by atoms with Gasteiger partial charge in [0.1, 0.15) is 5.75 Å². The summed E-state index contributed by atoms with van der Waals surface area (Å²) in [5, 5.41) is 0. The van der Waals surface area contributed by atoms with Crippen molar-refractivity contribution in [3.8, 4) is 5.75 Å². The van der Waals surface area contributed by atoms with Crippen LogP contribution in [-0.4, -0.2) is 12.4 Å². The van der Waals surface area contributed by atoms with Gasteiger partial charge in [-0.3, -0.25) is 4.79 Å². The summed E-state index contributed by atoms with van der Waals surface area (Å²) in [5.74, 6) is -0.665. The average Bonchev–Trinajstić information content (AvgIpc) is 2.82. The number of para-hydroxylation sites is 1. The van der Waals surface area contributed by atoms with Crippen LogP contribution in [0.2, 0.25) is 0 Å². The highest BCUT2D eigenvalue weighted by atomic mass is 32.1. The van der Waals surface area contributed by atoms with E-state index in [-0.39, 0.29) is 11.5 Å². The van der Waals surface area contributed by atoms with Crippen LogP contribution in [0.1, 0.15) is 20.1 Å². The van der Waals surface area contributed by atoms with Gasteiger partial charge < -0.3 is 4.74 Å². The van der Waals surface area contributed by atoms with Crippen molar-refractivity contribution in [3.63, 3.8) is 0 Å². The van der Waals surface area contributed by atoms with Crippen LogP contribution in [0.25, 0.3) is 0 Å². The second kappa shape index (κ2) is 5.66. The molecule has 0 fully saturated rings. The number of benzene rings is 1. The standard InChI is InChI=1S/C14H11F3O2S/c1-9-6-7-13(20-9)11(18)8-19-12-5-3-2-4-10(12)14(15,16)17/h2-7H,8H2,1H3. The zero-order chi connectivity index (χ0) is 14.8. The van der Waals surface area contributed by atoms with Gasteiger partial charge in [0.2, 0.25) is 5.78 Å². The van der Waals surface area contributed by atoms with E-state index in [1.54, 1.807) is 12.1 Å². The molecule has 0 bridgehead atoms. The van der Waals surface area contributed by atoms with Crippen molar-refractivity contribution in [2.75, 3.05) is 6.61 Å². The third-order valence-electron chi connectivity index (χ3n) is 2.57. The maximum Gasteiger partial charge on any atom is 0.419 e. The van der Waals surface area contributed by atoms with Crippen molar-refractivity contribution in [2.24, 2.45) is 0 Å². The Kier molecular flexibility index (Phi) is 4.13. The van der Waals surface area contributed by atoms with Crippen LogP contribution in [0.4, 0.5) is 13.2 Å². The van der Waals surface area contributed by atoms with E-state index in [0.717, 1.165) is 10.9 Å². The molecule has 1 aromatic heterocycles. The molecule has 0 aliphatic carbocycles. The minimum Gasteiger partial charge on any atom is -0.485 e. The van der Waals surface area contributed by atoms with Gasteiger partial charge in [-0.05, 0) is 31.2 Å². The molecule has 0 amide bonds. The molecule has 1 aromatic carbocycles. The van der Waals surface area contributed by atoms with Gasteiger partial charge in [0.25, 0.3) is 0 Å². The predicted molar refractivity (Wildman–Crippen MR) is 70.3 cm³/mol. The number of hydrogen-bond donors (Lipinski definition) is 0. The van der Waals surface area contributed by atoms with Crippen molar-refractivity contribution in [3.05, 3.63) is 51.7 Å². The number of carbonyl (C=O) groups is 1. The molecule has 0 saturated heterocycles. The number of ketones is 1. The summed E-state index contributed by atoms with van der Waals surface area (Å²) in [5.41, 5.74) is -0.879. The Morgan fingerprint density at radius 1 is 1.20 bits per heavy atom. The number of Topliss-reactive ketones (excluding diaryl/α,β-unsaturated/α-hetero) is 1. The summed E-state index contributed by atoms with van der Waals surface area (Å²) in [6.45, 7) is 1.44. The average molecular weight is 300 g/mol. The van der Waals surface area contributed by atoms with Gasteiger partial charge in [-0.15, -0.1) is 11.3 Å². The Hall–Kier alpha value is -1.82. The maximum atomic E-state index is 12.7. The van der Waals surface area contributed by atoms with Crippen molar-refractivity contribution in [1.29, 1.82) is 0 Å². The highest BCUT2D eigenvalue weighted by Gasteiger charge is 2.34. The SMILES string of the molecule is Cc1ccc(C(=O)COc2ccccc2C(F)(F)F)s1. The van der Waals surface area contributed by atoms with E-state index in [2.05, 4.69) is 0 Å². The van der Waals surface area contributed by atoms with Gasteiger partial charge in [-0.1, -0.05) is 12.1 Å². The van der Waals surface area contributed by atoms with Crippen molar-refractivity contribution < 1.29 is 22.7 Å². The molecule has 0 aliphatic heterocycles. The normalized spacial score (nSPS) is 11.4. The third kappa shape index (κ3) is 3.39. The van der Waals surface area contributed by atoms with Gasteiger partial charge in [-0.2, -0.15) is 13.2 Å². The van der Waals surface area contributed by atoms with E-state index >= 15 is 0 Å². The molecular formula is C14H11F3O2S. The largest absolute Gasteiger partial charge is 0.485 e. The molecule has 0 aliphatic rings. The first kappa shape index (κ1) is 14.6. The highest BCUT2D eigenvalue weighted by Crippen LogP contribution is 2.35. The van der Waals surface area contributed by atoms with Gasteiger partial charge in [0.05, 0.1) is 10.4 Å². The minimum absolute atomic E-state index is 0.332. The lowest BCUT2D eigenvalue weighted by Gasteiger charge is -2.12. The van der Waals surface area contributed by atoms with Crippen LogP contribution in [0, 0.1) is 6.92 Å². The monoisotopic (exact) mass is 300 g/mol. The van der Waals surface area contributed by atoms with Crippen molar-refractivity contribution >= 4 is 17.1 Å². The number of ether oxygens (including phenoxy) is 1. The highest BCUT2D eigenvalue weighted by molar-refractivity contribution is 7.14. The molecular weight excluding hydrogens is 289 g/mol. The van der Waals surface area contributed by atoms with Crippen molar-refractivity contribution in [1.82, 2.24) is 0 Å². The lowest BCUT2D eigenvalue weighted by Crippen LogP contribution is -2.14. The molecule has 1 heterocycles. The van der Waals surface area contributed by atoms with E-state index in [4.69, 9.17) is 4.74 Å². The zero-order valence-electron chi connectivity index (χ0n) is 10.5. The fourth-order valence-electron chi connectivity index (χ4n) is 1.63. The summed E-state index contributed by atoms with van der Waals surface area (Å²) < 4.78 is 43.2. The first-order valence-corrected chi connectivity index (χ1v) is 6.58.